The first kappa shape index (κ1) is 15.5. The van der Waals surface area contributed by atoms with E-state index in [0.717, 1.165) is 17.5 Å². The van der Waals surface area contributed by atoms with Crippen LogP contribution in [0.1, 0.15) is 11.1 Å². The lowest BCUT2D eigenvalue weighted by atomic mass is 9.72. The molecule has 0 aromatic heterocycles. The fraction of sp³-hybridized carbons (Fsp3) is 0.389. The maximum atomic E-state index is 13.0. The van der Waals surface area contributed by atoms with Crippen LogP contribution in [-0.4, -0.2) is 32.7 Å². The largest absolute Gasteiger partial charge is 0.493 e. The van der Waals surface area contributed by atoms with Gasteiger partial charge in [0.2, 0.25) is 5.91 Å². The third-order valence-corrected chi connectivity index (χ3v) is 5.43. The van der Waals surface area contributed by atoms with Crippen LogP contribution in [0.4, 0.5) is 0 Å². The zero-order chi connectivity index (χ0) is 16.9. The van der Waals surface area contributed by atoms with E-state index < -0.39 is 5.54 Å². The molecule has 4 rings (SSSR count). The number of ether oxygens (including phenoxy) is 2. The summed E-state index contributed by atoms with van der Waals surface area (Å²) in [5, 5.41) is 7.20. The highest BCUT2D eigenvalue weighted by Gasteiger charge is 2.57. The lowest BCUT2D eigenvalue weighted by molar-refractivity contribution is -0.126. The Morgan fingerprint density at radius 2 is 2.00 bits per heavy atom. The summed E-state index contributed by atoms with van der Waals surface area (Å²) in [5.74, 6) is 1.19. The lowest BCUT2D eigenvalue weighted by Gasteiger charge is -2.39. The molecule has 6 heteroatoms. The molecular weight excluding hydrogens is 328 g/mol. The van der Waals surface area contributed by atoms with Crippen LogP contribution in [0.25, 0.3) is 0 Å². The Bertz CT molecular complexity index is 774. The second kappa shape index (κ2) is 5.53. The molecule has 1 fully saturated rings. The van der Waals surface area contributed by atoms with Crippen LogP contribution in [0.3, 0.4) is 0 Å². The molecule has 0 radical (unpaired) electrons. The van der Waals surface area contributed by atoms with Gasteiger partial charge in [0.15, 0.2) is 11.5 Å². The van der Waals surface area contributed by atoms with Gasteiger partial charge in [-0.2, -0.15) is 0 Å². The molecule has 1 aliphatic carbocycles. The number of carbonyl (C=O) groups excluding carboxylic acids is 1. The summed E-state index contributed by atoms with van der Waals surface area (Å²) >= 11 is 6.23. The third-order valence-electron chi connectivity index (χ3n) is 5.18. The highest BCUT2D eigenvalue weighted by Crippen LogP contribution is 2.47. The third kappa shape index (κ3) is 2.01. The normalized spacial score (nSPS) is 30.5. The highest BCUT2D eigenvalue weighted by molar-refractivity contribution is 6.31. The van der Waals surface area contributed by atoms with E-state index in [2.05, 4.69) is 10.6 Å². The second-order valence-corrected chi connectivity index (χ2v) is 6.72. The van der Waals surface area contributed by atoms with Gasteiger partial charge in [0.1, 0.15) is 5.54 Å². The molecule has 2 N–H and O–H groups in total. The maximum absolute atomic E-state index is 13.0. The number of hydrogen-bond acceptors (Lipinski definition) is 4. The summed E-state index contributed by atoms with van der Waals surface area (Å²) in [6, 6.07) is 3.83. The summed E-state index contributed by atoms with van der Waals surface area (Å²) in [7, 11) is 3.22. The van der Waals surface area contributed by atoms with Gasteiger partial charge in [-0.3, -0.25) is 10.1 Å². The van der Waals surface area contributed by atoms with Crippen molar-refractivity contribution >= 4 is 17.5 Å². The molecule has 1 aromatic rings. The molecule has 126 valence electrons. The van der Waals surface area contributed by atoms with E-state index in [4.69, 9.17) is 21.1 Å². The number of hydrogen-bond donors (Lipinski definition) is 2. The van der Waals surface area contributed by atoms with Gasteiger partial charge in [0, 0.05) is 17.5 Å². The van der Waals surface area contributed by atoms with Crippen molar-refractivity contribution < 1.29 is 14.3 Å². The van der Waals surface area contributed by atoms with Gasteiger partial charge in [0.05, 0.1) is 20.3 Å². The minimum Gasteiger partial charge on any atom is -0.493 e. The first-order valence-electron chi connectivity index (χ1n) is 7.97. The maximum Gasteiger partial charge on any atom is 0.246 e. The van der Waals surface area contributed by atoms with Crippen LogP contribution in [0.2, 0.25) is 0 Å². The van der Waals surface area contributed by atoms with Crippen molar-refractivity contribution in [2.75, 3.05) is 20.8 Å². The Hall–Kier alpha value is -1.98. The molecule has 3 unspecified atom stereocenters. The van der Waals surface area contributed by atoms with Crippen molar-refractivity contribution in [3.8, 4) is 11.5 Å². The standard InChI is InChI=1S/C18H19ClN2O3/c1-23-15-7-10-5-6-20-18(12(10)9-16(15)24-2)13-8-11(19)3-4-14(13)21-17(18)22/h3-4,7-9,13-14,20H,5-6H2,1-2H3,(H,21,22). The van der Waals surface area contributed by atoms with Gasteiger partial charge in [-0.1, -0.05) is 23.8 Å². The zero-order valence-electron chi connectivity index (χ0n) is 13.6. The lowest BCUT2D eigenvalue weighted by Crippen LogP contribution is -2.55. The van der Waals surface area contributed by atoms with Gasteiger partial charge in [-0.05, 0) is 35.8 Å². The van der Waals surface area contributed by atoms with Crippen molar-refractivity contribution in [1.82, 2.24) is 10.6 Å². The molecule has 0 bridgehead atoms. The Labute approximate surface area is 145 Å². The van der Waals surface area contributed by atoms with Gasteiger partial charge in [0.25, 0.3) is 0 Å². The number of rotatable bonds is 2. The van der Waals surface area contributed by atoms with Crippen molar-refractivity contribution in [3.05, 3.63) is 46.5 Å². The molecule has 0 saturated carbocycles. The number of nitrogens with one attached hydrogen (secondary N) is 2. The van der Waals surface area contributed by atoms with Gasteiger partial charge in [-0.15, -0.1) is 0 Å². The molecule has 1 spiro atoms. The molecule has 3 aliphatic rings. The van der Waals surface area contributed by atoms with E-state index in [0.29, 0.717) is 23.1 Å². The summed E-state index contributed by atoms with van der Waals surface area (Å²) < 4.78 is 10.9. The first-order valence-corrected chi connectivity index (χ1v) is 8.35. The predicted molar refractivity (Wildman–Crippen MR) is 91.4 cm³/mol. The number of methoxy groups -OCH3 is 2. The van der Waals surface area contributed by atoms with Crippen LogP contribution in [-0.2, 0) is 16.8 Å². The van der Waals surface area contributed by atoms with Crippen LogP contribution < -0.4 is 20.1 Å². The summed E-state index contributed by atoms with van der Waals surface area (Å²) in [6.07, 6.45) is 6.58. The highest BCUT2D eigenvalue weighted by atomic mass is 35.5. The molecule has 1 aromatic carbocycles. The number of amides is 1. The monoisotopic (exact) mass is 346 g/mol. The topological polar surface area (TPSA) is 59.6 Å². The summed E-state index contributed by atoms with van der Waals surface area (Å²) in [5.41, 5.74) is 1.21. The van der Waals surface area contributed by atoms with Crippen molar-refractivity contribution in [2.45, 2.75) is 18.0 Å². The van der Waals surface area contributed by atoms with Crippen LogP contribution >= 0.6 is 11.6 Å². The molecule has 5 nitrogen and oxygen atoms in total. The SMILES string of the molecule is COc1cc2c(cc1OC)C1(NCC2)C(=O)NC2C=CC(Cl)=CC21. The van der Waals surface area contributed by atoms with E-state index in [1.165, 1.54) is 0 Å². The predicted octanol–water partition coefficient (Wildman–Crippen LogP) is 1.85. The molecule has 2 heterocycles. The van der Waals surface area contributed by atoms with E-state index in [-0.39, 0.29) is 17.9 Å². The summed E-state index contributed by atoms with van der Waals surface area (Å²) in [6.45, 7) is 0.717. The minimum absolute atomic E-state index is 0.0297. The van der Waals surface area contributed by atoms with Gasteiger partial charge >= 0.3 is 0 Å². The fourth-order valence-electron chi connectivity index (χ4n) is 4.08. The Morgan fingerprint density at radius 1 is 1.25 bits per heavy atom. The first-order chi connectivity index (χ1) is 11.6. The van der Waals surface area contributed by atoms with Crippen LogP contribution in [0.5, 0.6) is 11.5 Å². The molecular formula is C18H19ClN2O3. The number of halogens is 1. The molecule has 3 atom stereocenters. The van der Waals surface area contributed by atoms with E-state index >= 15 is 0 Å². The number of fused-ring (bicyclic) bond motifs is 4. The van der Waals surface area contributed by atoms with Crippen molar-refractivity contribution in [1.29, 1.82) is 0 Å². The average Bonchev–Trinajstić information content (AvgIpc) is 2.86. The Morgan fingerprint density at radius 3 is 2.75 bits per heavy atom. The van der Waals surface area contributed by atoms with E-state index in [1.54, 1.807) is 14.2 Å². The fourth-order valence-corrected chi connectivity index (χ4v) is 4.29. The number of carbonyl (C=O) groups is 1. The average molecular weight is 347 g/mol. The van der Waals surface area contributed by atoms with Crippen LogP contribution in [0.15, 0.2) is 35.4 Å². The van der Waals surface area contributed by atoms with Gasteiger partial charge < -0.3 is 14.8 Å². The van der Waals surface area contributed by atoms with Gasteiger partial charge in [-0.25, -0.2) is 0 Å². The molecule has 1 saturated heterocycles. The smallest absolute Gasteiger partial charge is 0.246 e. The van der Waals surface area contributed by atoms with E-state index in [1.807, 2.05) is 30.4 Å². The molecule has 24 heavy (non-hydrogen) atoms. The number of allylic oxidation sites excluding steroid dienone is 2. The summed E-state index contributed by atoms with van der Waals surface area (Å²) in [4.78, 5) is 13.0. The second-order valence-electron chi connectivity index (χ2n) is 6.28. The minimum atomic E-state index is -0.831. The Kier molecular flexibility index (Phi) is 3.58. The van der Waals surface area contributed by atoms with Crippen molar-refractivity contribution in [3.63, 3.8) is 0 Å². The molecule has 1 amide bonds. The quantitative estimate of drug-likeness (QED) is 0.858. The number of benzene rings is 1. The molecule has 2 aliphatic heterocycles. The van der Waals surface area contributed by atoms with Crippen molar-refractivity contribution in [2.24, 2.45) is 5.92 Å². The van der Waals surface area contributed by atoms with Crippen LogP contribution in [0, 0.1) is 5.92 Å². The Balaban J connectivity index is 1.92. The van der Waals surface area contributed by atoms with E-state index in [9.17, 15) is 4.79 Å². The zero-order valence-corrected chi connectivity index (χ0v) is 14.3.